The summed E-state index contributed by atoms with van der Waals surface area (Å²) < 4.78 is 5.41. The van der Waals surface area contributed by atoms with Crippen LogP contribution in [0.1, 0.15) is 23.2 Å². The lowest BCUT2D eigenvalue weighted by atomic mass is 10.1. The Morgan fingerprint density at radius 1 is 1.14 bits per heavy atom. The van der Waals surface area contributed by atoms with Gasteiger partial charge in [0, 0.05) is 50.2 Å². The molecule has 152 valence electrons. The largest absolute Gasteiger partial charge is 0.368 e. The third-order valence-electron chi connectivity index (χ3n) is 5.20. The Labute approximate surface area is 174 Å². The minimum Gasteiger partial charge on any atom is -0.368 e. The summed E-state index contributed by atoms with van der Waals surface area (Å²) in [5.74, 6) is 0.540. The van der Waals surface area contributed by atoms with Crippen molar-refractivity contribution in [1.82, 2.24) is 9.88 Å². The average molecular weight is 415 g/mol. The Hall–Kier alpha value is -2.64. The van der Waals surface area contributed by atoms with E-state index in [0.29, 0.717) is 49.1 Å². The van der Waals surface area contributed by atoms with E-state index >= 15 is 0 Å². The van der Waals surface area contributed by atoms with Crippen LogP contribution in [-0.2, 0) is 9.53 Å². The maximum Gasteiger partial charge on any atom is 0.254 e. The molecule has 0 saturated carbocycles. The molecule has 0 spiro atoms. The fourth-order valence-electron chi connectivity index (χ4n) is 3.65. The number of ether oxygens (including phenoxy) is 1. The Balaban J connectivity index is 1.37. The van der Waals surface area contributed by atoms with Crippen molar-refractivity contribution < 1.29 is 14.3 Å². The quantitative estimate of drug-likeness (QED) is 0.832. The minimum atomic E-state index is -0.402. The first kappa shape index (κ1) is 19.7. The fourth-order valence-corrected chi connectivity index (χ4v) is 3.89. The summed E-state index contributed by atoms with van der Waals surface area (Å²) in [7, 11) is 0. The predicted molar refractivity (Wildman–Crippen MR) is 111 cm³/mol. The molecule has 0 aliphatic carbocycles. The van der Waals surface area contributed by atoms with E-state index in [2.05, 4.69) is 15.2 Å². The van der Waals surface area contributed by atoms with Crippen LogP contribution in [0.15, 0.2) is 42.6 Å². The highest BCUT2D eigenvalue weighted by atomic mass is 35.5. The number of carbonyl (C=O) groups is 2. The second-order valence-electron chi connectivity index (χ2n) is 7.16. The van der Waals surface area contributed by atoms with Crippen molar-refractivity contribution in [3.8, 4) is 0 Å². The zero-order valence-electron chi connectivity index (χ0n) is 16.0. The molecule has 2 aromatic rings. The SMILES string of the molecule is O=C(Nc1cccc(C(=O)N2CCN(c3ncccc3Cl)CC2)c1)C1CCCO1. The molecule has 0 bridgehead atoms. The number of hydrogen-bond acceptors (Lipinski definition) is 5. The lowest BCUT2D eigenvalue weighted by Gasteiger charge is -2.35. The monoisotopic (exact) mass is 414 g/mol. The number of nitrogens with zero attached hydrogens (tertiary/aromatic N) is 3. The van der Waals surface area contributed by atoms with Gasteiger partial charge < -0.3 is 19.9 Å². The number of benzene rings is 1. The van der Waals surface area contributed by atoms with Crippen LogP contribution in [0, 0.1) is 0 Å². The standard InChI is InChI=1S/C21H23ClN4O3/c22-17-6-2-8-23-19(17)25-9-11-26(12-10-25)21(28)15-4-1-5-16(14-15)24-20(27)18-7-3-13-29-18/h1-2,4-6,8,14,18H,3,7,9-13H2,(H,24,27). The highest BCUT2D eigenvalue weighted by Crippen LogP contribution is 2.24. The van der Waals surface area contributed by atoms with Gasteiger partial charge in [0.1, 0.15) is 11.9 Å². The van der Waals surface area contributed by atoms with E-state index in [4.69, 9.17) is 16.3 Å². The number of rotatable bonds is 4. The third kappa shape index (κ3) is 4.52. The number of pyridine rings is 1. The van der Waals surface area contributed by atoms with Gasteiger partial charge in [-0.2, -0.15) is 0 Å². The Kier molecular flexibility index (Phi) is 5.97. The molecule has 8 heteroatoms. The predicted octanol–water partition coefficient (Wildman–Crippen LogP) is 2.81. The molecule has 2 fully saturated rings. The minimum absolute atomic E-state index is 0.0509. The third-order valence-corrected chi connectivity index (χ3v) is 5.50. The van der Waals surface area contributed by atoms with Crippen molar-refractivity contribution in [3.05, 3.63) is 53.2 Å². The van der Waals surface area contributed by atoms with E-state index in [9.17, 15) is 9.59 Å². The van der Waals surface area contributed by atoms with E-state index < -0.39 is 6.10 Å². The maximum absolute atomic E-state index is 12.9. The smallest absolute Gasteiger partial charge is 0.254 e. The number of carbonyl (C=O) groups excluding carboxylic acids is 2. The first-order valence-corrected chi connectivity index (χ1v) is 10.2. The number of amides is 2. The number of anilines is 2. The molecule has 3 heterocycles. The van der Waals surface area contributed by atoms with Crippen LogP contribution in [0.4, 0.5) is 11.5 Å². The van der Waals surface area contributed by atoms with E-state index in [1.54, 1.807) is 36.5 Å². The van der Waals surface area contributed by atoms with E-state index in [-0.39, 0.29) is 11.8 Å². The van der Waals surface area contributed by atoms with E-state index in [0.717, 1.165) is 18.7 Å². The topological polar surface area (TPSA) is 74.8 Å². The highest BCUT2D eigenvalue weighted by molar-refractivity contribution is 6.32. The van der Waals surface area contributed by atoms with Crippen LogP contribution in [0.3, 0.4) is 0 Å². The zero-order valence-corrected chi connectivity index (χ0v) is 16.8. The van der Waals surface area contributed by atoms with Gasteiger partial charge >= 0.3 is 0 Å². The van der Waals surface area contributed by atoms with Crippen LogP contribution in [0.25, 0.3) is 0 Å². The molecule has 1 atom stereocenters. The molecular formula is C21H23ClN4O3. The van der Waals surface area contributed by atoms with Crippen LogP contribution in [0.5, 0.6) is 0 Å². The molecule has 4 rings (SSSR count). The van der Waals surface area contributed by atoms with Gasteiger partial charge in [-0.3, -0.25) is 9.59 Å². The van der Waals surface area contributed by atoms with Crippen molar-refractivity contribution in [3.63, 3.8) is 0 Å². The molecule has 2 aliphatic rings. The van der Waals surface area contributed by atoms with Gasteiger partial charge in [0.25, 0.3) is 11.8 Å². The second-order valence-corrected chi connectivity index (χ2v) is 7.57. The first-order valence-electron chi connectivity index (χ1n) is 9.79. The van der Waals surface area contributed by atoms with E-state index in [1.807, 2.05) is 11.0 Å². The molecule has 1 aromatic heterocycles. The Morgan fingerprint density at radius 3 is 2.69 bits per heavy atom. The number of nitrogens with one attached hydrogen (secondary N) is 1. The number of hydrogen-bond donors (Lipinski definition) is 1. The van der Waals surface area contributed by atoms with Gasteiger partial charge in [-0.15, -0.1) is 0 Å². The van der Waals surface area contributed by atoms with Crippen LogP contribution in [0.2, 0.25) is 5.02 Å². The summed E-state index contributed by atoms with van der Waals surface area (Å²) in [6.07, 6.45) is 2.94. The van der Waals surface area contributed by atoms with Crippen molar-refractivity contribution in [2.24, 2.45) is 0 Å². The lowest BCUT2D eigenvalue weighted by Crippen LogP contribution is -2.49. The molecular weight excluding hydrogens is 392 g/mol. The van der Waals surface area contributed by atoms with Gasteiger partial charge in [-0.25, -0.2) is 4.98 Å². The number of halogens is 1. The van der Waals surface area contributed by atoms with Gasteiger partial charge in [-0.1, -0.05) is 17.7 Å². The molecule has 0 radical (unpaired) electrons. The van der Waals surface area contributed by atoms with Gasteiger partial charge in [0.15, 0.2) is 0 Å². The molecule has 1 aromatic carbocycles. The molecule has 2 saturated heterocycles. The average Bonchev–Trinajstić information content (AvgIpc) is 3.29. The van der Waals surface area contributed by atoms with Crippen molar-refractivity contribution in [2.75, 3.05) is 43.0 Å². The Bertz CT molecular complexity index is 893. The molecule has 2 aliphatic heterocycles. The molecule has 7 nitrogen and oxygen atoms in total. The summed E-state index contributed by atoms with van der Waals surface area (Å²) in [5, 5.41) is 3.46. The summed E-state index contributed by atoms with van der Waals surface area (Å²) in [5.41, 5.74) is 1.16. The molecule has 1 unspecified atom stereocenters. The summed E-state index contributed by atoms with van der Waals surface area (Å²) in [6, 6.07) is 10.7. The highest BCUT2D eigenvalue weighted by Gasteiger charge is 2.25. The van der Waals surface area contributed by atoms with Crippen LogP contribution < -0.4 is 10.2 Å². The van der Waals surface area contributed by atoms with Gasteiger partial charge in [-0.05, 0) is 43.2 Å². The van der Waals surface area contributed by atoms with Crippen molar-refractivity contribution in [2.45, 2.75) is 18.9 Å². The second kappa shape index (κ2) is 8.80. The Morgan fingerprint density at radius 2 is 1.97 bits per heavy atom. The number of aromatic nitrogens is 1. The molecule has 2 amide bonds. The maximum atomic E-state index is 12.9. The molecule has 1 N–H and O–H groups in total. The normalized spacial score (nSPS) is 19.3. The summed E-state index contributed by atoms with van der Waals surface area (Å²) >= 11 is 6.23. The van der Waals surface area contributed by atoms with Gasteiger partial charge in [0.2, 0.25) is 0 Å². The van der Waals surface area contributed by atoms with Gasteiger partial charge in [0.05, 0.1) is 5.02 Å². The van der Waals surface area contributed by atoms with Crippen molar-refractivity contribution >= 4 is 34.9 Å². The van der Waals surface area contributed by atoms with E-state index in [1.165, 1.54) is 0 Å². The van der Waals surface area contributed by atoms with Crippen molar-refractivity contribution in [1.29, 1.82) is 0 Å². The lowest BCUT2D eigenvalue weighted by molar-refractivity contribution is -0.124. The zero-order chi connectivity index (χ0) is 20.2. The first-order chi connectivity index (χ1) is 14.1. The summed E-state index contributed by atoms with van der Waals surface area (Å²) in [6.45, 7) is 3.11. The number of piperazine rings is 1. The fraction of sp³-hybridized carbons (Fsp3) is 0.381. The summed E-state index contributed by atoms with van der Waals surface area (Å²) in [4.78, 5) is 33.4. The van der Waals surface area contributed by atoms with Crippen LogP contribution >= 0.6 is 11.6 Å². The molecule has 29 heavy (non-hydrogen) atoms. The van der Waals surface area contributed by atoms with Crippen LogP contribution in [-0.4, -0.2) is 60.6 Å².